The first-order valence-corrected chi connectivity index (χ1v) is 11.2. The van der Waals surface area contributed by atoms with Crippen LogP contribution in [0.4, 0.5) is 0 Å². The molecule has 1 fully saturated rings. The molecule has 0 aliphatic carbocycles. The van der Waals surface area contributed by atoms with E-state index in [0.717, 1.165) is 0 Å². The number of nitrogens with two attached hydrogens (primary N) is 1. The van der Waals surface area contributed by atoms with E-state index in [9.17, 15) is 34.2 Å². The van der Waals surface area contributed by atoms with Gasteiger partial charge in [-0.3, -0.25) is 19.2 Å². The Bertz CT molecular complexity index is 689. The molecule has 13 heteroatoms. The van der Waals surface area contributed by atoms with Crippen molar-refractivity contribution >= 4 is 41.4 Å². The molecule has 5 unspecified atom stereocenters. The first-order chi connectivity index (χ1) is 14.5. The van der Waals surface area contributed by atoms with E-state index in [0.29, 0.717) is 12.2 Å². The van der Waals surface area contributed by atoms with Crippen molar-refractivity contribution in [1.82, 2.24) is 15.5 Å². The molecule has 1 heterocycles. The van der Waals surface area contributed by atoms with Gasteiger partial charge in [0.15, 0.2) is 0 Å². The third kappa shape index (κ3) is 7.99. The van der Waals surface area contributed by atoms with E-state index < -0.39 is 66.4 Å². The Labute approximate surface area is 183 Å². The molecule has 12 nitrogen and oxygen atoms in total. The van der Waals surface area contributed by atoms with E-state index in [1.807, 2.05) is 0 Å². The number of likely N-dealkylation sites (tertiary alicyclic amines) is 1. The molecule has 176 valence electrons. The molecular weight excluding hydrogens is 432 g/mol. The molecule has 0 bridgehead atoms. The molecule has 1 saturated heterocycles. The average molecular weight is 463 g/mol. The van der Waals surface area contributed by atoms with Crippen LogP contribution >= 0.6 is 11.8 Å². The van der Waals surface area contributed by atoms with E-state index in [-0.39, 0.29) is 19.4 Å². The Balaban J connectivity index is 2.91. The highest BCUT2D eigenvalue weighted by atomic mass is 32.2. The molecular formula is C18H30N4O8S. The Kier molecular flexibility index (Phi) is 10.7. The molecule has 0 radical (unpaired) electrons. The summed E-state index contributed by atoms with van der Waals surface area (Å²) in [4.78, 5) is 61.4. The lowest BCUT2D eigenvalue weighted by molar-refractivity contribution is -0.145. The number of nitrogens with one attached hydrogen (secondary N) is 2. The molecule has 1 rings (SSSR count). The Morgan fingerprint density at radius 2 is 1.81 bits per heavy atom. The zero-order chi connectivity index (χ0) is 23.7. The summed E-state index contributed by atoms with van der Waals surface area (Å²) in [6.07, 6.45) is 0.764. The third-order valence-electron chi connectivity index (χ3n) is 4.88. The highest BCUT2D eigenvalue weighted by Crippen LogP contribution is 2.19. The van der Waals surface area contributed by atoms with Crippen molar-refractivity contribution in [2.45, 2.75) is 62.9 Å². The fourth-order valence-corrected chi connectivity index (χ4v) is 3.59. The molecule has 0 spiro atoms. The van der Waals surface area contributed by atoms with Crippen LogP contribution in [-0.2, 0) is 24.0 Å². The predicted octanol–water partition coefficient (Wildman–Crippen LogP) is -2.03. The van der Waals surface area contributed by atoms with Gasteiger partial charge < -0.3 is 36.6 Å². The quantitative estimate of drug-likeness (QED) is 0.188. The second kappa shape index (κ2) is 12.5. The predicted molar refractivity (Wildman–Crippen MR) is 111 cm³/mol. The normalized spacial score (nSPS) is 19.7. The number of hydrogen-bond acceptors (Lipinski definition) is 8. The number of carboxylic acid groups (broad SMARTS) is 2. The maximum atomic E-state index is 12.7. The number of rotatable bonds is 12. The number of aliphatic hydroxyl groups is 1. The number of aliphatic carboxylic acids is 2. The number of nitrogens with zero attached hydrogens (tertiary/aromatic N) is 1. The Morgan fingerprint density at radius 3 is 2.32 bits per heavy atom. The van der Waals surface area contributed by atoms with Gasteiger partial charge in [-0.25, -0.2) is 4.79 Å². The van der Waals surface area contributed by atoms with Crippen LogP contribution in [-0.4, -0.2) is 98.7 Å². The van der Waals surface area contributed by atoms with Crippen LogP contribution < -0.4 is 16.4 Å². The minimum atomic E-state index is -1.52. The van der Waals surface area contributed by atoms with Gasteiger partial charge in [0.2, 0.25) is 17.7 Å². The second-order valence-electron chi connectivity index (χ2n) is 7.30. The van der Waals surface area contributed by atoms with Gasteiger partial charge in [0.05, 0.1) is 12.5 Å². The van der Waals surface area contributed by atoms with Crippen molar-refractivity contribution < 1.29 is 39.3 Å². The van der Waals surface area contributed by atoms with Gasteiger partial charge in [-0.2, -0.15) is 11.8 Å². The highest BCUT2D eigenvalue weighted by molar-refractivity contribution is 7.98. The molecule has 1 aliphatic rings. The zero-order valence-corrected chi connectivity index (χ0v) is 18.3. The summed E-state index contributed by atoms with van der Waals surface area (Å²) in [6, 6.07) is -4.96. The van der Waals surface area contributed by atoms with Crippen molar-refractivity contribution in [2.24, 2.45) is 5.73 Å². The number of carbonyl (C=O) groups excluding carboxylic acids is 3. The van der Waals surface area contributed by atoms with Crippen LogP contribution in [0.3, 0.4) is 0 Å². The molecule has 0 aromatic carbocycles. The van der Waals surface area contributed by atoms with Crippen molar-refractivity contribution in [2.75, 3.05) is 18.6 Å². The van der Waals surface area contributed by atoms with Crippen LogP contribution in [0.25, 0.3) is 0 Å². The van der Waals surface area contributed by atoms with E-state index >= 15 is 0 Å². The largest absolute Gasteiger partial charge is 0.481 e. The van der Waals surface area contributed by atoms with Crippen LogP contribution in [0.15, 0.2) is 0 Å². The summed E-state index contributed by atoms with van der Waals surface area (Å²) in [5, 5.41) is 32.5. The molecule has 1 aliphatic heterocycles. The van der Waals surface area contributed by atoms with Crippen LogP contribution in [0, 0.1) is 0 Å². The third-order valence-corrected chi connectivity index (χ3v) is 5.52. The molecule has 0 aromatic heterocycles. The summed E-state index contributed by atoms with van der Waals surface area (Å²) >= 11 is 1.38. The number of hydrogen-bond donors (Lipinski definition) is 6. The number of carbonyl (C=O) groups is 5. The number of amides is 3. The van der Waals surface area contributed by atoms with Gasteiger partial charge in [0.1, 0.15) is 24.2 Å². The Hall–Kier alpha value is -2.38. The Morgan fingerprint density at radius 1 is 1.16 bits per heavy atom. The molecule has 0 aromatic rings. The molecule has 5 atom stereocenters. The maximum Gasteiger partial charge on any atom is 0.326 e. The fraction of sp³-hybridized carbons (Fsp3) is 0.722. The standard InChI is InChI=1S/C18H30N4O8S/c1-9(23)14(19)17(28)22-6-3-4-12(22)16(27)21-11(8-13(24)25)15(26)20-10(18(29)30)5-7-31-2/h9-12,14,23H,3-8,19H2,1-2H3,(H,20,26)(H,21,27)(H,24,25)(H,29,30). The zero-order valence-electron chi connectivity index (χ0n) is 17.4. The number of thioether (sulfide) groups is 1. The lowest BCUT2D eigenvalue weighted by Gasteiger charge is -2.29. The summed E-state index contributed by atoms with van der Waals surface area (Å²) < 4.78 is 0. The lowest BCUT2D eigenvalue weighted by atomic mass is 10.1. The smallest absolute Gasteiger partial charge is 0.326 e. The van der Waals surface area contributed by atoms with Crippen molar-refractivity contribution in [1.29, 1.82) is 0 Å². The number of aliphatic hydroxyl groups excluding tert-OH is 1. The first-order valence-electron chi connectivity index (χ1n) is 9.78. The molecule has 3 amide bonds. The summed E-state index contributed by atoms with van der Waals surface area (Å²) in [7, 11) is 0. The monoisotopic (exact) mass is 462 g/mol. The molecule has 7 N–H and O–H groups in total. The van der Waals surface area contributed by atoms with Crippen molar-refractivity contribution in [3.05, 3.63) is 0 Å². The summed E-state index contributed by atoms with van der Waals surface area (Å²) in [5.41, 5.74) is 5.67. The lowest BCUT2D eigenvalue weighted by Crippen LogP contribution is -2.58. The van der Waals surface area contributed by atoms with Gasteiger partial charge in [0, 0.05) is 6.54 Å². The van der Waals surface area contributed by atoms with E-state index in [1.165, 1.54) is 23.6 Å². The van der Waals surface area contributed by atoms with E-state index in [1.54, 1.807) is 6.26 Å². The number of carboxylic acids is 2. The average Bonchev–Trinajstić information content (AvgIpc) is 3.18. The maximum absolute atomic E-state index is 12.7. The SMILES string of the molecule is CSCCC(NC(=O)C(CC(=O)O)NC(=O)C1CCCN1C(=O)C(N)C(C)O)C(=O)O. The van der Waals surface area contributed by atoms with Gasteiger partial charge >= 0.3 is 11.9 Å². The van der Waals surface area contributed by atoms with E-state index in [4.69, 9.17) is 10.8 Å². The van der Waals surface area contributed by atoms with Crippen molar-refractivity contribution in [3.8, 4) is 0 Å². The highest BCUT2D eigenvalue weighted by Gasteiger charge is 2.39. The fourth-order valence-electron chi connectivity index (χ4n) is 3.12. The minimum Gasteiger partial charge on any atom is -0.481 e. The topological polar surface area (TPSA) is 199 Å². The minimum absolute atomic E-state index is 0.123. The van der Waals surface area contributed by atoms with Crippen LogP contribution in [0.2, 0.25) is 0 Å². The van der Waals surface area contributed by atoms with Gasteiger partial charge in [0.25, 0.3) is 0 Å². The molecule has 31 heavy (non-hydrogen) atoms. The second-order valence-corrected chi connectivity index (χ2v) is 8.28. The van der Waals surface area contributed by atoms with Crippen LogP contribution in [0.1, 0.15) is 32.6 Å². The van der Waals surface area contributed by atoms with E-state index in [2.05, 4.69) is 10.6 Å². The van der Waals surface area contributed by atoms with Gasteiger partial charge in [-0.1, -0.05) is 0 Å². The van der Waals surface area contributed by atoms with Crippen LogP contribution in [0.5, 0.6) is 0 Å². The summed E-state index contributed by atoms with van der Waals surface area (Å²) in [5.74, 6) is -4.51. The van der Waals surface area contributed by atoms with Crippen molar-refractivity contribution in [3.63, 3.8) is 0 Å². The molecule has 0 saturated carbocycles. The van der Waals surface area contributed by atoms with Gasteiger partial charge in [-0.05, 0) is 38.2 Å². The van der Waals surface area contributed by atoms with Gasteiger partial charge in [-0.15, -0.1) is 0 Å². The summed E-state index contributed by atoms with van der Waals surface area (Å²) in [6.45, 7) is 1.57. The first kappa shape index (κ1) is 26.7.